The summed E-state index contributed by atoms with van der Waals surface area (Å²) < 4.78 is 14.8. The molecule has 0 amide bonds. The lowest BCUT2D eigenvalue weighted by atomic mass is 9.42. The van der Waals surface area contributed by atoms with Crippen LogP contribution in [-0.4, -0.2) is 111 Å². The molecule has 17 rings (SSSR count). The Morgan fingerprint density at radius 1 is 0.805 bits per heavy atom. The zero-order valence-electron chi connectivity index (χ0n) is 42.7. The first-order valence-electron chi connectivity index (χ1n) is 27.9. The predicted octanol–water partition coefficient (Wildman–Crippen LogP) is 7.37. The number of nitrogens with one attached hydrogen (secondary N) is 3. The minimum absolute atomic E-state index is 0.0147. The smallest absolute Gasteiger partial charge is 0.261 e. The number of aliphatic hydroxyl groups is 5. The van der Waals surface area contributed by atoms with E-state index >= 15 is 9.59 Å². The van der Waals surface area contributed by atoms with E-state index in [9.17, 15) is 30.6 Å². The van der Waals surface area contributed by atoms with Crippen LogP contribution in [-0.2, 0) is 17.6 Å². The first kappa shape index (κ1) is 46.6. The van der Waals surface area contributed by atoms with Crippen molar-refractivity contribution in [3.05, 3.63) is 152 Å². The number of H-pyrrole nitrogens is 2. The monoisotopic (exact) mass is 1040 g/mol. The molecule has 0 radical (unpaired) electrons. The van der Waals surface area contributed by atoms with Crippen LogP contribution < -0.4 is 10.1 Å². The number of aliphatic hydroxyl groups excluding tert-OH is 5. The number of nitrogens with zero attached hydrogens (tertiary/aromatic N) is 2. The molecule has 7 aliphatic carbocycles. The van der Waals surface area contributed by atoms with Crippen LogP contribution in [0.5, 0.6) is 11.5 Å². The third kappa shape index (κ3) is 5.77. The predicted molar refractivity (Wildman–Crippen MR) is 281 cm³/mol. The van der Waals surface area contributed by atoms with Gasteiger partial charge in [-0.3, -0.25) is 9.59 Å². The van der Waals surface area contributed by atoms with E-state index in [1.165, 1.54) is 6.07 Å². The lowest BCUT2D eigenvalue weighted by Gasteiger charge is -2.67. The standard InChI is InChI=1S/C62H61N5O10/c1-29-19-36-45(42(68)20-29)52(71)47-43-24-34-33(46(47)51(36)70)13-18-63-56(34)64-26-44(69)61-31-9-11-38(61)35-22-32(23-41-40(65-28-66-41)21-30-7-3-2-4-8-30)67-50(35)37-25-60(76-43)54(73)53(72)55(74)62(77-60)48(37)49(61)39(12-10-31)59(57(62)75)17-16-58(27-59)14-5-6-15-58/h2-4,7-8,13,18-20,22,24-25,28,31,38-39,44,53-55,57,67-69,72-75H,5-6,9-12,14-17,21,23,26-27H2,1H3,(H,63,64)(H,65,66). The molecule has 15 heteroatoms. The van der Waals surface area contributed by atoms with Gasteiger partial charge in [-0.25, -0.2) is 9.97 Å². The quantitative estimate of drug-likeness (QED) is 0.0838. The maximum absolute atomic E-state index is 15.3. The van der Waals surface area contributed by atoms with Crippen molar-refractivity contribution in [2.45, 2.75) is 138 Å². The second-order valence-corrected chi connectivity index (χ2v) is 24.8. The molecule has 3 aromatic heterocycles. The number of ether oxygens (including phenoxy) is 2. The lowest BCUT2D eigenvalue weighted by Crippen LogP contribution is -2.80. The van der Waals surface area contributed by atoms with E-state index in [2.05, 4.69) is 33.5 Å². The molecule has 12 atom stereocenters. The number of hydrogen-bond acceptors (Lipinski definition) is 13. The summed E-state index contributed by atoms with van der Waals surface area (Å²) in [5.74, 6) is -4.56. The number of carbonyl (C=O) groups excluding carboxylic acids is 2. The minimum atomic E-state index is -2.45. The van der Waals surface area contributed by atoms with Crippen molar-refractivity contribution in [1.29, 1.82) is 0 Å². The van der Waals surface area contributed by atoms with Crippen LogP contribution in [0.2, 0.25) is 0 Å². The van der Waals surface area contributed by atoms with Crippen molar-refractivity contribution in [3.8, 4) is 11.5 Å². The number of phenolic OH excluding ortho intramolecular Hbond substituents is 1. The van der Waals surface area contributed by atoms with Crippen LogP contribution in [0.1, 0.15) is 148 Å². The number of aromatic hydroxyl groups is 1. The zero-order valence-corrected chi connectivity index (χ0v) is 42.7. The third-order valence-electron chi connectivity index (χ3n) is 21.4. The molecule has 9 N–H and O–H groups in total. The minimum Gasteiger partial charge on any atom is -0.507 e. The number of hydrogen-bond donors (Lipinski definition) is 9. The highest BCUT2D eigenvalue weighted by Gasteiger charge is 2.79. The molecule has 8 bridgehead atoms. The average Bonchev–Trinajstić information content (AvgIpc) is 2.81. The molecular formula is C62H61N5O10. The molecule has 15 nitrogen and oxygen atoms in total. The first-order chi connectivity index (χ1) is 37.2. The topological polar surface area (TPSA) is 243 Å². The zero-order chi connectivity index (χ0) is 52.3. The van der Waals surface area contributed by atoms with E-state index in [4.69, 9.17) is 19.4 Å². The molecule has 1 saturated heterocycles. The van der Waals surface area contributed by atoms with Gasteiger partial charge in [-0.2, -0.15) is 0 Å². The van der Waals surface area contributed by atoms with E-state index in [1.807, 2.05) is 18.2 Å². The number of ketones is 2. The molecule has 77 heavy (non-hydrogen) atoms. The van der Waals surface area contributed by atoms with Gasteiger partial charge in [0.25, 0.3) is 5.79 Å². The summed E-state index contributed by atoms with van der Waals surface area (Å²) in [7, 11) is 0. The Labute approximate surface area is 443 Å². The Kier molecular flexibility index (Phi) is 9.47. The van der Waals surface area contributed by atoms with E-state index in [-0.39, 0.29) is 63.5 Å². The van der Waals surface area contributed by atoms with Crippen LogP contribution in [0.4, 0.5) is 5.82 Å². The summed E-state index contributed by atoms with van der Waals surface area (Å²) in [6.07, 6.45) is 6.97. The number of aromatic amines is 2. The van der Waals surface area contributed by atoms with Crippen LogP contribution in [0.25, 0.3) is 16.3 Å². The van der Waals surface area contributed by atoms with Gasteiger partial charge in [0, 0.05) is 75.6 Å². The van der Waals surface area contributed by atoms with Gasteiger partial charge < -0.3 is 55.4 Å². The van der Waals surface area contributed by atoms with Crippen molar-refractivity contribution in [1.82, 2.24) is 19.9 Å². The average molecular weight is 1040 g/mol. The Morgan fingerprint density at radius 2 is 1.61 bits per heavy atom. The van der Waals surface area contributed by atoms with Gasteiger partial charge in [-0.15, -0.1) is 0 Å². The van der Waals surface area contributed by atoms with Crippen LogP contribution in [0, 0.1) is 35.0 Å². The van der Waals surface area contributed by atoms with E-state index in [0.717, 1.165) is 91.6 Å². The second kappa shape index (κ2) is 15.6. The van der Waals surface area contributed by atoms with Gasteiger partial charge in [-0.1, -0.05) is 43.2 Å². The molecule has 5 spiro atoms. The third-order valence-corrected chi connectivity index (χ3v) is 21.4. The normalized spacial score (nSPS) is 35.5. The van der Waals surface area contributed by atoms with Crippen molar-refractivity contribution in [3.63, 3.8) is 0 Å². The van der Waals surface area contributed by atoms with E-state index in [0.29, 0.717) is 64.7 Å². The van der Waals surface area contributed by atoms with Gasteiger partial charge in [0.05, 0.1) is 35.4 Å². The number of rotatable bonds is 4. The van der Waals surface area contributed by atoms with Gasteiger partial charge in [-0.05, 0) is 158 Å². The molecular weight excluding hydrogens is 975 g/mol. The molecule has 394 valence electrons. The van der Waals surface area contributed by atoms with Crippen molar-refractivity contribution < 1.29 is 49.7 Å². The summed E-state index contributed by atoms with van der Waals surface area (Å²) in [6, 6.07) is 18.6. The fraction of sp³-hybridized carbons (Fsp3) is 0.452. The summed E-state index contributed by atoms with van der Waals surface area (Å²) in [5, 5.41) is 83.0. The van der Waals surface area contributed by atoms with E-state index < -0.39 is 64.3 Å². The molecule has 5 fully saturated rings. The molecule has 3 aromatic carbocycles. The Hall–Kier alpha value is -6.46. The number of aromatic nitrogens is 4. The molecule has 4 saturated carbocycles. The van der Waals surface area contributed by atoms with Gasteiger partial charge in [0.15, 0.2) is 17.5 Å². The van der Waals surface area contributed by atoms with Gasteiger partial charge in [0.2, 0.25) is 5.78 Å². The fourth-order valence-electron chi connectivity index (χ4n) is 18.5. The van der Waals surface area contributed by atoms with Gasteiger partial charge in [0.1, 0.15) is 29.5 Å². The fourth-order valence-corrected chi connectivity index (χ4v) is 18.5. The van der Waals surface area contributed by atoms with E-state index in [1.54, 1.807) is 43.7 Å². The highest BCUT2D eigenvalue weighted by atomic mass is 16.7. The maximum Gasteiger partial charge on any atom is 0.261 e. The van der Waals surface area contributed by atoms with Crippen LogP contribution in [0.15, 0.2) is 90.4 Å². The summed E-state index contributed by atoms with van der Waals surface area (Å²) in [6.45, 7) is 1.74. The maximum atomic E-state index is 15.3. The molecule has 11 aliphatic rings. The van der Waals surface area contributed by atoms with Gasteiger partial charge >= 0.3 is 0 Å². The number of aryl methyl sites for hydroxylation is 1. The molecule has 6 aromatic rings. The summed E-state index contributed by atoms with van der Waals surface area (Å²) in [5.41, 5.74) is 3.43. The summed E-state index contributed by atoms with van der Waals surface area (Å²) in [4.78, 5) is 47.4. The van der Waals surface area contributed by atoms with Crippen LogP contribution >= 0.6 is 0 Å². The highest BCUT2D eigenvalue weighted by Crippen LogP contribution is 2.78. The Morgan fingerprint density at radius 3 is 2.43 bits per heavy atom. The number of carbonyl (C=O) groups is 2. The SMILES string of the molecule is Cc1cc(O)c2c(c1)C(=O)c1c(c3cc4c(nccc14)NCC(O)C14C5=C6C7=CC8(O3)OC6(C(O)C(O)C8O)C(O)C3(CCC6(CCCC6)C3)C5CCC1CCC4c1cc(Cc3nc[nH]c3Cc3ccccc3)[nH]c17)C2=O. The number of benzene rings is 3. The molecule has 4 aliphatic heterocycles. The number of anilines is 1. The van der Waals surface area contributed by atoms with Crippen molar-refractivity contribution in [2.75, 3.05) is 11.9 Å². The highest BCUT2D eigenvalue weighted by molar-refractivity contribution is 6.34. The Balaban J connectivity index is 0.998. The van der Waals surface area contributed by atoms with Crippen molar-refractivity contribution >= 4 is 33.7 Å². The first-order valence-corrected chi connectivity index (χ1v) is 27.9. The summed E-state index contributed by atoms with van der Waals surface area (Å²) >= 11 is 0. The molecule has 12 unspecified atom stereocenters. The number of phenols is 1. The van der Waals surface area contributed by atoms with Crippen LogP contribution in [0.3, 0.4) is 0 Å². The number of imidazole rings is 1. The largest absolute Gasteiger partial charge is 0.507 e. The number of fused-ring (bicyclic) bond motifs is 8. The number of pyridine rings is 1. The second-order valence-electron chi connectivity index (χ2n) is 24.8. The Bertz CT molecular complexity index is 3670. The lowest BCUT2D eigenvalue weighted by molar-refractivity contribution is -0.369. The van der Waals surface area contributed by atoms with Crippen molar-refractivity contribution in [2.24, 2.45) is 28.1 Å². The molecule has 7 heterocycles.